The number of hydrogen-bond acceptors (Lipinski definition) is 7. The highest BCUT2D eigenvalue weighted by Crippen LogP contribution is 2.47. The van der Waals surface area contributed by atoms with Crippen LogP contribution in [-0.2, 0) is 14.3 Å². The third-order valence-corrected chi connectivity index (χ3v) is 8.98. The topological polar surface area (TPSA) is 72.8 Å². The van der Waals surface area contributed by atoms with Crippen LogP contribution in [0.3, 0.4) is 0 Å². The number of alkyl halides is 3. The van der Waals surface area contributed by atoms with Gasteiger partial charge in [0.05, 0.1) is 32.2 Å². The molecule has 8 nitrogen and oxygen atoms in total. The minimum Gasteiger partial charge on any atom is -0.493 e. The number of benzene rings is 2. The van der Waals surface area contributed by atoms with Gasteiger partial charge in [-0.1, -0.05) is 23.7 Å². The van der Waals surface area contributed by atoms with Crippen LogP contribution in [0.2, 0.25) is 5.02 Å². The molecule has 1 saturated heterocycles. The fourth-order valence-corrected chi connectivity index (χ4v) is 6.75. The molecule has 0 saturated carbocycles. The van der Waals surface area contributed by atoms with E-state index >= 15 is 0 Å². The molecule has 49 heavy (non-hydrogen) atoms. The van der Waals surface area contributed by atoms with Crippen LogP contribution in [0, 0.1) is 5.92 Å². The molecule has 0 bridgehead atoms. The lowest BCUT2D eigenvalue weighted by Crippen LogP contribution is -2.41. The summed E-state index contributed by atoms with van der Waals surface area (Å²) < 4.78 is 52.1. The summed E-state index contributed by atoms with van der Waals surface area (Å²) in [6.45, 7) is 13.4. The number of rotatable bonds is 7. The highest BCUT2D eigenvalue weighted by molar-refractivity contribution is 6.31. The number of aliphatic imine (C=N–C) groups is 1. The zero-order chi connectivity index (χ0) is 36.1. The summed E-state index contributed by atoms with van der Waals surface area (Å²) in [6, 6.07) is 10.4. The van der Waals surface area contributed by atoms with E-state index in [2.05, 4.69) is 31.8 Å². The van der Waals surface area contributed by atoms with E-state index < -0.39 is 11.5 Å². The second-order valence-electron chi connectivity index (χ2n) is 13.3. The lowest BCUT2D eigenvalue weighted by Gasteiger charge is -2.34. The number of halogens is 4. The van der Waals surface area contributed by atoms with Crippen LogP contribution >= 0.6 is 23.2 Å². The summed E-state index contributed by atoms with van der Waals surface area (Å²) >= 11 is 11.8. The number of anilines is 1. The molecule has 268 valence electrons. The first-order chi connectivity index (χ1) is 23.1. The summed E-state index contributed by atoms with van der Waals surface area (Å²) in [7, 11) is 3.07. The lowest BCUT2D eigenvalue weighted by atomic mass is 9.92. The quantitative estimate of drug-likeness (QED) is 0.210. The SMILES string of the molecule is C/C=C(/CC1CCN(C(C)=O)CC1)OC(C)(C)C.COc1cccc([C@H]2OCC3=NCC(C)=C(C(F)(F)Cl)N3c3ccc(Cl)cc32)c1OC. The number of amidine groups is 1. The summed E-state index contributed by atoms with van der Waals surface area (Å²) in [5, 5.41) is -3.15. The Morgan fingerprint density at radius 2 is 1.80 bits per heavy atom. The molecule has 0 spiro atoms. The van der Waals surface area contributed by atoms with Crippen molar-refractivity contribution < 1.29 is 32.5 Å². The van der Waals surface area contributed by atoms with Crippen LogP contribution in [0.5, 0.6) is 11.5 Å². The molecule has 0 radical (unpaired) electrons. The van der Waals surface area contributed by atoms with Crippen LogP contribution < -0.4 is 14.4 Å². The van der Waals surface area contributed by atoms with Crippen molar-refractivity contribution in [1.29, 1.82) is 0 Å². The number of methoxy groups -OCH3 is 2. The van der Waals surface area contributed by atoms with Crippen LogP contribution in [0.4, 0.5) is 14.5 Å². The minimum absolute atomic E-state index is 0.0128. The summed E-state index contributed by atoms with van der Waals surface area (Å²) in [4.78, 5) is 19.0. The van der Waals surface area contributed by atoms with Crippen molar-refractivity contribution in [1.82, 2.24) is 4.90 Å². The number of fused-ring (bicyclic) bond motifs is 3. The Hall–Kier alpha value is -3.34. The van der Waals surface area contributed by atoms with Crippen molar-refractivity contribution in [3.05, 3.63) is 75.7 Å². The number of piperidine rings is 1. The van der Waals surface area contributed by atoms with E-state index in [1.54, 1.807) is 38.1 Å². The Bertz CT molecular complexity index is 1590. The molecule has 2 aromatic carbocycles. The Kier molecular flexibility index (Phi) is 12.7. The molecule has 1 fully saturated rings. The first kappa shape index (κ1) is 38.5. The molecule has 0 N–H and O–H groups in total. The van der Waals surface area contributed by atoms with Crippen molar-refractivity contribution in [2.75, 3.05) is 45.4 Å². The molecular weight excluding hydrogens is 675 g/mol. The van der Waals surface area contributed by atoms with Crippen molar-refractivity contribution in [2.45, 2.75) is 77.9 Å². The first-order valence-corrected chi connectivity index (χ1v) is 17.2. The number of hydrogen-bond donors (Lipinski definition) is 0. The smallest absolute Gasteiger partial charge is 0.363 e. The van der Waals surface area contributed by atoms with Crippen molar-refractivity contribution >= 4 is 40.6 Å². The average Bonchev–Trinajstić information content (AvgIpc) is 3.19. The largest absolute Gasteiger partial charge is 0.493 e. The Morgan fingerprint density at radius 1 is 1.10 bits per heavy atom. The van der Waals surface area contributed by atoms with Crippen molar-refractivity contribution in [3.8, 4) is 11.5 Å². The van der Waals surface area contributed by atoms with E-state index in [-0.39, 0.29) is 30.4 Å². The number of likely N-dealkylation sites (tertiary alicyclic amines) is 1. The third kappa shape index (κ3) is 9.47. The fraction of sp³-hybridized carbons (Fsp3) is 0.514. The Balaban J connectivity index is 0.000000257. The van der Waals surface area contributed by atoms with Gasteiger partial charge in [0.25, 0.3) is 0 Å². The van der Waals surface area contributed by atoms with E-state index in [9.17, 15) is 13.6 Å². The maximum Gasteiger partial charge on any atom is 0.363 e. The molecule has 5 rings (SSSR count). The van der Waals surface area contributed by atoms with E-state index in [1.807, 2.05) is 24.0 Å². The molecule has 3 aliphatic rings. The minimum atomic E-state index is -3.59. The van der Waals surface area contributed by atoms with Gasteiger partial charge in [-0.2, -0.15) is 8.78 Å². The molecule has 0 unspecified atom stereocenters. The van der Waals surface area contributed by atoms with E-state index in [0.717, 1.165) is 38.1 Å². The monoisotopic (exact) mass is 721 g/mol. The van der Waals surface area contributed by atoms with Crippen LogP contribution in [0.15, 0.2) is 64.5 Å². The van der Waals surface area contributed by atoms with Gasteiger partial charge in [0, 0.05) is 42.6 Å². The van der Waals surface area contributed by atoms with Gasteiger partial charge in [-0.3, -0.25) is 14.7 Å². The number of ether oxygens (including phenoxy) is 4. The van der Waals surface area contributed by atoms with Crippen LogP contribution in [0.1, 0.15) is 78.0 Å². The van der Waals surface area contributed by atoms with Gasteiger partial charge in [0.15, 0.2) is 11.5 Å². The summed E-state index contributed by atoms with van der Waals surface area (Å²) in [5.41, 5.74) is 1.65. The van der Waals surface area contributed by atoms with Gasteiger partial charge in [0.1, 0.15) is 29.8 Å². The Labute approximate surface area is 298 Å². The predicted octanol–water partition coefficient (Wildman–Crippen LogP) is 9.15. The Morgan fingerprint density at radius 3 is 2.37 bits per heavy atom. The van der Waals surface area contributed by atoms with Crippen molar-refractivity contribution in [3.63, 3.8) is 0 Å². The van der Waals surface area contributed by atoms with Gasteiger partial charge in [-0.05, 0) is 101 Å². The van der Waals surface area contributed by atoms with Crippen LogP contribution in [0.25, 0.3) is 0 Å². The number of allylic oxidation sites excluding steroid dienone is 3. The van der Waals surface area contributed by atoms with E-state index in [1.165, 1.54) is 19.1 Å². The summed E-state index contributed by atoms with van der Waals surface area (Å²) in [6.07, 6.45) is 4.58. The molecule has 12 heteroatoms. The molecule has 3 heterocycles. The highest BCUT2D eigenvalue weighted by atomic mass is 35.5. The first-order valence-electron chi connectivity index (χ1n) is 16.4. The predicted molar refractivity (Wildman–Crippen MR) is 191 cm³/mol. The number of carbonyl (C=O) groups excluding carboxylic acids is 1. The van der Waals surface area contributed by atoms with Gasteiger partial charge >= 0.3 is 5.38 Å². The number of carbonyl (C=O) groups is 1. The number of amides is 1. The second-order valence-corrected chi connectivity index (χ2v) is 14.2. The zero-order valence-electron chi connectivity index (χ0n) is 29.5. The van der Waals surface area contributed by atoms with E-state index in [0.29, 0.717) is 50.7 Å². The molecule has 0 aliphatic carbocycles. The van der Waals surface area contributed by atoms with Gasteiger partial charge in [0.2, 0.25) is 5.91 Å². The normalized spacial score (nSPS) is 18.8. The van der Waals surface area contributed by atoms with Gasteiger partial charge < -0.3 is 23.8 Å². The van der Waals surface area contributed by atoms with Crippen LogP contribution in [-0.4, -0.2) is 68.1 Å². The summed E-state index contributed by atoms with van der Waals surface area (Å²) in [5.74, 6) is 3.28. The maximum atomic E-state index is 14.5. The second kappa shape index (κ2) is 16.1. The van der Waals surface area contributed by atoms with Gasteiger partial charge in [-0.25, -0.2) is 0 Å². The lowest BCUT2D eigenvalue weighted by molar-refractivity contribution is -0.130. The van der Waals surface area contributed by atoms with E-state index in [4.69, 9.17) is 42.1 Å². The molecular formula is C37H47Cl2F2N3O5. The standard InChI is InChI=1S/C22H20Cl2F2N2O3.C15H27NO2/c1-12-10-27-18-11-31-19(14-5-4-6-17(29-2)20(14)30-3)15-9-13(23)7-8-16(15)28(18)21(12)22(24,25)26;1-6-14(18-15(3,4)5)11-13-7-9-16(10-8-13)12(2)17/h4-9,19H,10-11H2,1-3H3;6,13H,7-11H2,1-5H3/b;14-6-/t19-;/m1./s1. The molecule has 0 aromatic heterocycles. The van der Waals surface area contributed by atoms with Gasteiger partial charge in [-0.15, -0.1) is 0 Å². The molecule has 1 atom stereocenters. The number of para-hydroxylation sites is 1. The molecule has 1 amide bonds. The molecule has 2 aromatic rings. The fourth-order valence-electron chi connectivity index (χ4n) is 6.32. The third-order valence-electron chi connectivity index (χ3n) is 8.57. The number of nitrogens with zero attached hydrogens (tertiary/aromatic N) is 3. The zero-order valence-corrected chi connectivity index (χ0v) is 31.1. The maximum absolute atomic E-state index is 14.5. The molecule has 3 aliphatic heterocycles. The average molecular weight is 723 g/mol. The highest BCUT2D eigenvalue weighted by Gasteiger charge is 2.44. The van der Waals surface area contributed by atoms with Crippen molar-refractivity contribution in [2.24, 2.45) is 10.9 Å².